The highest BCUT2D eigenvalue weighted by Crippen LogP contribution is 2.15. The van der Waals surface area contributed by atoms with Crippen LogP contribution in [0.4, 0.5) is 0 Å². The van der Waals surface area contributed by atoms with Crippen molar-refractivity contribution in [3.63, 3.8) is 0 Å². The van der Waals surface area contributed by atoms with E-state index in [0.717, 1.165) is 12.8 Å². The van der Waals surface area contributed by atoms with Crippen molar-refractivity contribution in [1.29, 1.82) is 0 Å². The van der Waals surface area contributed by atoms with Crippen molar-refractivity contribution in [1.82, 2.24) is 0 Å². The molecule has 0 aliphatic rings. The van der Waals surface area contributed by atoms with Crippen molar-refractivity contribution in [2.45, 2.75) is 195 Å². The van der Waals surface area contributed by atoms with Crippen molar-refractivity contribution in [3.05, 3.63) is 0 Å². The Labute approximate surface area is 217 Å². The van der Waals surface area contributed by atoms with Gasteiger partial charge in [0.2, 0.25) is 0 Å². The topological polar surface area (TPSA) is 40.5 Å². The Kier molecular flexibility index (Phi) is 30.9. The molecular weight excluding hydrogens is 416 g/mol. The Morgan fingerprint density at radius 1 is 0.353 bits per heavy atom. The maximum Gasteiger partial charge on any atom is 0.0563 e. The maximum atomic E-state index is 9.65. The Morgan fingerprint density at radius 2 is 0.559 bits per heavy atom. The minimum absolute atomic E-state index is 0.0796. The molecule has 0 saturated heterocycles. The Hall–Kier alpha value is -0.0800. The molecule has 2 nitrogen and oxygen atoms in total. The first-order valence-electron chi connectivity index (χ1n) is 15.7. The quantitative estimate of drug-likeness (QED) is 0.134. The predicted molar refractivity (Wildman–Crippen MR) is 155 cm³/mol. The van der Waals surface area contributed by atoms with Crippen molar-refractivity contribution in [2.75, 3.05) is 0 Å². The molecule has 0 rings (SSSR count). The van der Waals surface area contributed by atoms with E-state index >= 15 is 0 Å². The smallest absolute Gasteiger partial charge is 0.0563 e. The van der Waals surface area contributed by atoms with Crippen LogP contribution in [0.3, 0.4) is 0 Å². The van der Waals surface area contributed by atoms with Gasteiger partial charge in [-0.15, -0.1) is 0 Å². The third-order valence-corrected chi connectivity index (χ3v) is 7.25. The molecule has 0 aliphatic heterocycles. The van der Waals surface area contributed by atoms with Crippen LogP contribution in [0.25, 0.3) is 0 Å². The number of aliphatic hydroxyl groups is 2. The van der Waals surface area contributed by atoms with Crippen molar-refractivity contribution < 1.29 is 10.2 Å². The van der Waals surface area contributed by atoms with E-state index in [1.807, 2.05) is 0 Å². The predicted octanol–water partition coefficient (Wildman–Crippen LogP) is 10.6. The van der Waals surface area contributed by atoms with Crippen LogP contribution in [-0.4, -0.2) is 22.4 Å². The van der Waals surface area contributed by atoms with Crippen LogP contribution in [0.15, 0.2) is 0 Å². The van der Waals surface area contributed by atoms with Crippen LogP contribution in [0.1, 0.15) is 183 Å². The lowest BCUT2D eigenvalue weighted by Crippen LogP contribution is -2.13. The first-order chi connectivity index (χ1) is 16.4. The van der Waals surface area contributed by atoms with E-state index in [2.05, 4.69) is 41.5 Å². The third kappa shape index (κ3) is 30.0. The van der Waals surface area contributed by atoms with Gasteiger partial charge >= 0.3 is 0 Å². The number of unbranched alkanes of at least 4 members (excludes halogenated alkanes) is 18. The first kappa shape index (κ1) is 36.1. The highest BCUT2D eigenvalue weighted by atomic mass is 16.3. The summed E-state index contributed by atoms with van der Waals surface area (Å²) in [5.74, 6) is 0.849. The van der Waals surface area contributed by atoms with E-state index in [9.17, 15) is 10.2 Å². The van der Waals surface area contributed by atoms with Gasteiger partial charge in [-0.2, -0.15) is 0 Å². The second kappa shape index (κ2) is 29.2. The molecule has 0 aromatic carbocycles. The molecule has 0 aromatic heterocycles. The molecule has 2 atom stereocenters. The van der Waals surface area contributed by atoms with Gasteiger partial charge in [0, 0.05) is 0 Å². The Morgan fingerprint density at radius 3 is 0.765 bits per heavy atom. The second-order valence-corrected chi connectivity index (χ2v) is 11.6. The van der Waals surface area contributed by atoms with Crippen molar-refractivity contribution in [2.24, 2.45) is 11.8 Å². The molecule has 2 N–H and O–H groups in total. The summed E-state index contributed by atoms with van der Waals surface area (Å²) in [7, 11) is 0. The third-order valence-electron chi connectivity index (χ3n) is 7.25. The van der Waals surface area contributed by atoms with Crippen LogP contribution in [-0.2, 0) is 0 Å². The highest BCUT2D eigenvalue weighted by molar-refractivity contribution is 4.60. The standard InChI is InChI=1S/2C16H34O/c2*1-4-5-6-7-8-9-10-11-12-13-14-16(17)15(2)3/h2*15-17H,4-14H2,1-3H3/t2*16-/m10/s1. The van der Waals surface area contributed by atoms with E-state index in [1.165, 1.54) is 128 Å². The van der Waals surface area contributed by atoms with E-state index in [0.29, 0.717) is 11.8 Å². The lowest BCUT2D eigenvalue weighted by atomic mass is 10.00. The second-order valence-electron chi connectivity index (χ2n) is 11.6. The molecule has 0 aliphatic carbocycles. The molecule has 0 radical (unpaired) electrons. The minimum atomic E-state index is -0.0796. The van der Waals surface area contributed by atoms with Crippen molar-refractivity contribution >= 4 is 0 Å². The summed E-state index contributed by atoms with van der Waals surface area (Å²) < 4.78 is 0. The normalized spacial score (nSPS) is 13.2. The zero-order valence-corrected chi connectivity index (χ0v) is 24.8. The summed E-state index contributed by atoms with van der Waals surface area (Å²) in [6.45, 7) is 12.9. The first-order valence-corrected chi connectivity index (χ1v) is 15.7. The summed E-state index contributed by atoms with van der Waals surface area (Å²) >= 11 is 0. The number of aliphatic hydroxyl groups excluding tert-OH is 2. The largest absolute Gasteiger partial charge is 0.393 e. The van der Waals surface area contributed by atoms with E-state index in [4.69, 9.17) is 0 Å². The zero-order valence-electron chi connectivity index (χ0n) is 24.8. The maximum absolute atomic E-state index is 9.65. The van der Waals surface area contributed by atoms with Gasteiger partial charge in [-0.1, -0.05) is 170 Å². The molecule has 0 bridgehead atoms. The Bertz CT molecular complexity index is 319. The van der Waals surface area contributed by atoms with Crippen LogP contribution in [0.2, 0.25) is 0 Å². The summed E-state index contributed by atoms with van der Waals surface area (Å²) in [5, 5.41) is 19.3. The average molecular weight is 485 g/mol. The number of hydrogen-bond donors (Lipinski definition) is 2. The monoisotopic (exact) mass is 485 g/mol. The van der Waals surface area contributed by atoms with Crippen LogP contribution in [0.5, 0.6) is 0 Å². The molecule has 0 saturated carbocycles. The van der Waals surface area contributed by atoms with Crippen LogP contribution in [0, 0.1) is 11.8 Å². The molecule has 34 heavy (non-hydrogen) atoms. The molecular formula is C32H68O2. The van der Waals surface area contributed by atoms with Crippen LogP contribution >= 0.6 is 0 Å². The zero-order chi connectivity index (χ0) is 25.9. The van der Waals surface area contributed by atoms with Crippen LogP contribution < -0.4 is 0 Å². The molecule has 0 unspecified atom stereocenters. The summed E-state index contributed by atoms with van der Waals surface area (Å²) in [5.41, 5.74) is 0. The fourth-order valence-corrected chi connectivity index (χ4v) is 4.35. The van der Waals surface area contributed by atoms with E-state index in [-0.39, 0.29) is 12.2 Å². The van der Waals surface area contributed by atoms with E-state index < -0.39 is 0 Å². The molecule has 0 fully saturated rings. The highest BCUT2D eigenvalue weighted by Gasteiger charge is 2.08. The van der Waals surface area contributed by atoms with Gasteiger partial charge in [0.15, 0.2) is 0 Å². The number of hydrogen-bond acceptors (Lipinski definition) is 2. The lowest BCUT2D eigenvalue weighted by Gasteiger charge is -2.13. The van der Waals surface area contributed by atoms with Gasteiger partial charge < -0.3 is 10.2 Å². The number of rotatable bonds is 24. The molecule has 0 heterocycles. The van der Waals surface area contributed by atoms with Gasteiger partial charge in [-0.3, -0.25) is 0 Å². The average Bonchev–Trinajstić information content (AvgIpc) is 2.81. The summed E-state index contributed by atoms with van der Waals surface area (Å²) in [6, 6.07) is 0. The van der Waals surface area contributed by atoms with E-state index in [1.54, 1.807) is 0 Å². The molecule has 0 spiro atoms. The van der Waals surface area contributed by atoms with Gasteiger partial charge in [-0.25, -0.2) is 0 Å². The lowest BCUT2D eigenvalue weighted by molar-refractivity contribution is 0.113. The summed E-state index contributed by atoms with van der Waals surface area (Å²) in [6.07, 6.45) is 29.3. The van der Waals surface area contributed by atoms with Gasteiger partial charge in [0.05, 0.1) is 12.2 Å². The minimum Gasteiger partial charge on any atom is -0.393 e. The van der Waals surface area contributed by atoms with Gasteiger partial charge in [-0.05, 0) is 24.7 Å². The van der Waals surface area contributed by atoms with Crippen molar-refractivity contribution in [3.8, 4) is 0 Å². The Balaban J connectivity index is 0. The fourth-order valence-electron chi connectivity index (χ4n) is 4.35. The molecule has 0 amide bonds. The fraction of sp³-hybridized carbons (Fsp3) is 1.00. The summed E-state index contributed by atoms with van der Waals surface area (Å²) in [4.78, 5) is 0. The molecule has 0 aromatic rings. The van der Waals surface area contributed by atoms with Gasteiger partial charge in [0.25, 0.3) is 0 Å². The molecule has 208 valence electrons. The van der Waals surface area contributed by atoms with Gasteiger partial charge in [0.1, 0.15) is 0 Å². The molecule has 2 heteroatoms. The SMILES string of the molecule is CCCCCCCCCCCC[C@@H](O)C(C)C.CCCCCCCCCCCC[C@H](O)C(C)C.